The fourth-order valence-corrected chi connectivity index (χ4v) is 5.67. The lowest BCUT2D eigenvalue weighted by molar-refractivity contribution is -0.0629. The van der Waals surface area contributed by atoms with E-state index in [2.05, 4.69) is 32.5 Å². The SMILES string of the molecule is CCCSc1nc(N[C@@H]2C[C@H]2C2C=C(F)C(F)=CC2)c2nnn([C@@H]3C[C@H](OCCO)[C@@H](O)[C@H]3O)c2n1. The lowest BCUT2D eigenvalue weighted by Crippen LogP contribution is -2.33. The predicted molar refractivity (Wildman–Crippen MR) is 129 cm³/mol. The van der Waals surface area contributed by atoms with Crippen LogP contribution in [0.15, 0.2) is 29.0 Å². The van der Waals surface area contributed by atoms with Crippen LogP contribution in [0.25, 0.3) is 11.2 Å². The van der Waals surface area contributed by atoms with E-state index in [9.17, 15) is 19.0 Å². The van der Waals surface area contributed by atoms with Gasteiger partial charge in [-0.2, -0.15) is 0 Å². The van der Waals surface area contributed by atoms with Crippen LogP contribution in [0.4, 0.5) is 14.6 Å². The van der Waals surface area contributed by atoms with Gasteiger partial charge >= 0.3 is 0 Å². The van der Waals surface area contributed by atoms with Crippen molar-refractivity contribution in [2.45, 2.75) is 68.2 Å². The molecule has 0 bridgehead atoms. The Kier molecular flexibility index (Phi) is 7.54. The van der Waals surface area contributed by atoms with Crippen molar-refractivity contribution in [3.05, 3.63) is 23.8 Å². The average molecular weight is 525 g/mol. The van der Waals surface area contributed by atoms with Crippen LogP contribution in [0.2, 0.25) is 0 Å². The van der Waals surface area contributed by atoms with Gasteiger partial charge in [-0.1, -0.05) is 23.9 Å². The number of fused-ring (bicyclic) bond motifs is 1. The minimum absolute atomic E-state index is 0.0241. The highest BCUT2D eigenvalue weighted by Crippen LogP contribution is 2.45. The Morgan fingerprint density at radius 3 is 2.78 bits per heavy atom. The first-order valence-corrected chi connectivity index (χ1v) is 13.2. The number of halogens is 2. The quantitative estimate of drug-likeness (QED) is 0.270. The zero-order valence-electron chi connectivity index (χ0n) is 19.8. The van der Waals surface area contributed by atoms with Crippen LogP contribution in [0.3, 0.4) is 0 Å². The van der Waals surface area contributed by atoms with Gasteiger partial charge in [0.2, 0.25) is 0 Å². The smallest absolute Gasteiger partial charge is 0.191 e. The van der Waals surface area contributed by atoms with Gasteiger partial charge in [0, 0.05) is 18.2 Å². The second kappa shape index (κ2) is 10.7. The second-order valence-electron chi connectivity index (χ2n) is 9.44. The fraction of sp³-hybridized carbons (Fsp3) is 0.652. The van der Waals surface area contributed by atoms with E-state index in [1.165, 1.54) is 28.6 Å². The van der Waals surface area contributed by atoms with Gasteiger partial charge in [0.25, 0.3) is 0 Å². The predicted octanol–water partition coefficient (Wildman–Crippen LogP) is 2.29. The van der Waals surface area contributed by atoms with Crippen LogP contribution in [0.1, 0.15) is 38.6 Å². The van der Waals surface area contributed by atoms with Gasteiger partial charge in [0.15, 0.2) is 33.8 Å². The Morgan fingerprint density at radius 1 is 1.19 bits per heavy atom. The molecular formula is C23H30F2N6O4S. The van der Waals surface area contributed by atoms with E-state index in [4.69, 9.17) is 9.84 Å². The van der Waals surface area contributed by atoms with E-state index in [0.717, 1.165) is 18.6 Å². The Labute approximate surface area is 210 Å². The molecule has 0 radical (unpaired) electrons. The molecule has 7 atom stereocenters. The number of nitrogens with one attached hydrogen (secondary N) is 1. The summed E-state index contributed by atoms with van der Waals surface area (Å²) in [6, 6.07) is -0.595. The topological polar surface area (TPSA) is 138 Å². The van der Waals surface area contributed by atoms with Crippen molar-refractivity contribution in [3.63, 3.8) is 0 Å². The lowest BCUT2D eigenvalue weighted by atomic mass is 9.94. The molecule has 0 aliphatic heterocycles. The molecule has 2 fully saturated rings. The molecule has 2 saturated carbocycles. The monoisotopic (exact) mass is 524 g/mol. The van der Waals surface area contributed by atoms with Gasteiger partial charge in [-0.15, -0.1) is 5.10 Å². The number of nitrogens with zero attached hydrogens (tertiary/aromatic N) is 5. The number of hydrogen-bond acceptors (Lipinski definition) is 10. The van der Waals surface area contributed by atoms with Gasteiger partial charge < -0.3 is 25.4 Å². The molecule has 3 aliphatic rings. The van der Waals surface area contributed by atoms with E-state index in [0.29, 0.717) is 28.6 Å². The standard InChI is InChI=1S/C23H30F2N6O4S/c1-2-7-36-23-27-21(26-15-9-12(15)11-3-4-13(24)14(25)8-11)18-22(28-23)31(30-29-18)16-10-17(35-6-5-32)20(34)19(16)33/h4,8,11-12,15-17,19-20,32-34H,2-3,5-7,9-10H2,1H3,(H,26,27,28)/t11?,12-,15+,16+,17-,19-,20+/m0/s1. The Morgan fingerprint density at radius 2 is 2.03 bits per heavy atom. The van der Waals surface area contributed by atoms with Gasteiger partial charge in [-0.25, -0.2) is 23.4 Å². The molecule has 36 heavy (non-hydrogen) atoms. The molecule has 0 spiro atoms. The molecule has 5 rings (SSSR count). The minimum Gasteiger partial charge on any atom is -0.394 e. The summed E-state index contributed by atoms with van der Waals surface area (Å²) in [5.74, 6) is -0.240. The number of anilines is 1. The van der Waals surface area contributed by atoms with Crippen molar-refractivity contribution in [1.29, 1.82) is 0 Å². The van der Waals surface area contributed by atoms with Crippen LogP contribution in [0.5, 0.6) is 0 Å². The Balaban J connectivity index is 1.40. The molecule has 4 N–H and O–H groups in total. The summed E-state index contributed by atoms with van der Waals surface area (Å²) in [6.07, 6.45) is 2.17. The molecule has 0 aromatic carbocycles. The number of aliphatic hydroxyl groups is 3. The molecule has 196 valence electrons. The molecule has 2 heterocycles. The number of rotatable bonds is 10. The zero-order chi connectivity index (χ0) is 25.4. The number of thioether (sulfide) groups is 1. The fourth-order valence-electron chi connectivity index (χ4n) is 4.97. The molecule has 3 aliphatic carbocycles. The summed E-state index contributed by atoms with van der Waals surface area (Å²) in [4.78, 5) is 9.30. The number of aliphatic hydroxyl groups excluding tert-OH is 3. The normalized spacial score (nSPS) is 32.0. The molecular weight excluding hydrogens is 494 g/mol. The van der Waals surface area contributed by atoms with Crippen LogP contribution in [-0.4, -0.2) is 83.6 Å². The highest BCUT2D eigenvalue weighted by molar-refractivity contribution is 7.99. The average Bonchev–Trinajstić information content (AvgIpc) is 3.41. The molecule has 2 aromatic rings. The summed E-state index contributed by atoms with van der Waals surface area (Å²) >= 11 is 1.49. The van der Waals surface area contributed by atoms with Crippen LogP contribution in [-0.2, 0) is 4.74 Å². The summed E-state index contributed by atoms with van der Waals surface area (Å²) in [5.41, 5.74) is 0.857. The number of ether oxygens (including phenoxy) is 1. The summed E-state index contributed by atoms with van der Waals surface area (Å²) in [7, 11) is 0. The maximum atomic E-state index is 13.7. The molecule has 10 nitrogen and oxygen atoms in total. The van der Waals surface area contributed by atoms with E-state index in [1.807, 2.05) is 0 Å². The number of aromatic nitrogens is 5. The molecule has 2 aromatic heterocycles. The van der Waals surface area contributed by atoms with E-state index >= 15 is 0 Å². The largest absolute Gasteiger partial charge is 0.394 e. The Bertz CT molecular complexity index is 1160. The van der Waals surface area contributed by atoms with E-state index in [-0.39, 0.29) is 37.5 Å². The third-order valence-corrected chi connectivity index (χ3v) is 8.00. The summed E-state index contributed by atoms with van der Waals surface area (Å²) in [5, 5.41) is 42.6. The van der Waals surface area contributed by atoms with Crippen molar-refractivity contribution in [2.24, 2.45) is 11.8 Å². The van der Waals surface area contributed by atoms with E-state index in [1.54, 1.807) is 0 Å². The first-order chi connectivity index (χ1) is 17.4. The third-order valence-electron chi connectivity index (χ3n) is 6.94. The summed E-state index contributed by atoms with van der Waals surface area (Å²) < 4.78 is 34.1. The van der Waals surface area contributed by atoms with Gasteiger partial charge in [-0.3, -0.25) is 0 Å². The number of hydrogen-bond donors (Lipinski definition) is 4. The second-order valence-corrected chi connectivity index (χ2v) is 10.5. The van der Waals surface area contributed by atoms with Crippen molar-refractivity contribution < 1.29 is 28.8 Å². The highest BCUT2D eigenvalue weighted by Gasteiger charge is 2.46. The van der Waals surface area contributed by atoms with Crippen LogP contribution in [0, 0.1) is 11.8 Å². The Hall–Kier alpha value is -2.19. The van der Waals surface area contributed by atoms with Crippen molar-refractivity contribution in [3.8, 4) is 0 Å². The first kappa shape index (κ1) is 25.5. The van der Waals surface area contributed by atoms with Crippen LogP contribution < -0.4 is 5.32 Å². The van der Waals surface area contributed by atoms with Crippen LogP contribution >= 0.6 is 11.8 Å². The maximum absolute atomic E-state index is 13.7. The highest BCUT2D eigenvalue weighted by atomic mass is 32.2. The van der Waals surface area contributed by atoms with Gasteiger partial charge in [0.05, 0.1) is 25.4 Å². The lowest BCUT2D eigenvalue weighted by Gasteiger charge is -2.17. The van der Waals surface area contributed by atoms with E-state index < -0.39 is 36.0 Å². The van der Waals surface area contributed by atoms with Gasteiger partial charge in [-0.05, 0) is 43.3 Å². The summed E-state index contributed by atoms with van der Waals surface area (Å²) in [6.45, 7) is 1.92. The molecule has 0 amide bonds. The first-order valence-electron chi connectivity index (χ1n) is 12.3. The van der Waals surface area contributed by atoms with Crippen molar-refractivity contribution in [2.75, 3.05) is 24.3 Å². The van der Waals surface area contributed by atoms with Crippen molar-refractivity contribution >= 4 is 28.7 Å². The maximum Gasteiger partial charge on any atom is 0.191 e. The van der Waals surface area contributed by atoms with Gasteiger partial charge in [0.1, 0.15) is 12.2 Å². The van der Waals surface area contributed by atoms with Crippen molar-refractivity contribution in [1.82, 2.24) is 25.0 Å². The number of allylic oxidation sites excluding steroid dienone is 4. The third kappa shape index (κ3) is 4.99. The molecule has 1 unspecified atom stereocenters. The molecule has 0 saturated heterocycles. The zero-order valence-corrected chi connectivity index (χ0v) is 20.6. The molecule has 13 heteroatoms. The minimum atomic E-state index is -1.15.